The lowest BCUT2D eigenvalue weighted by Gasteiger charge is -2.05. The highest BCUT2D eigenvalue weighted by Gasteiger charge is 2.06. The molecule has 0 atom stereocenters. The van der Waals surface area contributed by atoms with E-state index in [0.717, 1.165) is 41.0 Å². The van der Waals surface area contributed by atoms with E-state index in [4.69, 9.17) is 0 Å². The predicted molar refractivity (Wildman–Crippen MR) is 79.3 cm³/mol. The van der Waals surface area contributed by atoms with Gasteiger partial charge in [0.05, 0.1) is 10.7 Å². The summed E-state index contributed by atoms with van der Waals surface area (Å²) in [7, 11) is 0. The molecule has 20 heavy (non-hydrogen) atoms. The van der Waals surface area contributed by atoms with E-state index in [-0.39, 0.29) is 0 Å². The van der Waals surface area contributed by atoms with Crippen molar-refractivity contribution in [2.75, 3.05) is 11.9 Å². The minimum atomic E-state index is 0.766. The molecule has 0 aliphatic carbocycles. The zero-order valence-corrected chi connectivity index (χ0v) is 12.5. The Morgan fingerprint density at radius 2 is 2.05 bits per heavy atom. The molecule has 104 valence electrons. The number of aromatic nitrogens is 5. The van der Waals surface area contributed by atoms with Crippen LogP contribution in [0.1, 0.15) is 21.4 Å². The van der Waals surface area contributed by atoms with Crippen molar-refractivity contribution in [2.24, 2.45) is 0 Å². The van der Waals surface area contributed by atoms with Crippen LogP contribution in [-0.4, -0.2) is 31.3 Å². The second-order valence-electron chi connectivity index (χ2n) is 4.65. The zero-order valence-electron chi connectivity index (χ0n) is 11.7. The summed E-state index contributed by atoms with van der Waals surface area (Å²) in [4.78, 5) is 5.77. The highest BCUT2D eigenvalue weighted by atomic mass is 32.1. The van der Waals surface area contributed by atoms with Crippen LogP contribution in [0.5, 0.6) is 0 Å². The number of nitrogens with one attached hydrogen (secondary N) is 1. The molecule has 0 spiro atoms. The average Bonchev–Trinajstić information content (AvgIpc) is 2.94. The van der Waals surface area contributed by atoms with Crippen LogP contribution < -0.4 is 5.32 Å². The van der Waals surface area contributed by atoms with E-state index in [1.807, 2.05) is 26.0 Å². The highest BCUT2D eigenvalue weighted by molar-refractivity contribution is 7.11. The SMILES string of the molecule is Cc1nc(C)c(CCNc2ccc3nnc(C)n3n2)s1. The Bertz CT molecular complexity index is 744. The third-order valence-electron chi connectivity index (χ3n) is 3.08. The largest absolute Gasteiger partial charge is 0.368 e. The van der Waals surface area contributed by atoms with E-state index < -0.39 is 0 Å². The molecule has 1 N–H and O–H groups in total. The number of nitrogens with zero attached hydrogens (tertiary/aromatic N) is 5. The van der Waals surface area contributed by atoms with Gasteiger partial charge in [0.25, 0.3) is 0 Å². The van der Waals surface area contributed by atoms with Gasteiger partial charge in [-0.2, -0.15) is 4.52 Å². The van der Waals surface area contributed by atoms with Crippen molar-refractivity contribution in [2.45, 2.75) is 27.2 Å². The number of anilines is 1. The van der Waals surface area contributed by atoms with Crippen LogP contribution in [0.15, 0.2) is 12.1 Å². The van der Waals surface area contributed by atoms with Crippen molar-refractivity contribution in [3.63, 3.8) is 0 Å². The van der Waals surface area contributed by atoms with Crippen molar-refractivity contribution in [3.05, 3.63) is 33.5 Å². The summed E-state index contributed by atoms with van der Waals surface area (Å²) in [5.41, 5.74) is 1.90. The summed E-state index contributed by atoms with van der Waals surface area (Å²) >= 11 is 1.76. The Hall–Kier alpha value is -2.02. The van der Waals surface area contributed by atoms with Gasteiger partial charge in [-0.25, -0.2) is 4.98 Å². The molecule has 0 aliphatic heterocycles. The molecule has 0 radical (unpaired) electrons. The van der Waals surface area contributed by atoms with Gasteiger partial charge >= 0.3 is 0 Å². The molecule has 3 aromatic heterocycles. The summed E-state index contributed by atoms with van der Waals surface area (Å²) in [6.45, 7) is 6.82. The first-order valence-electron chi connectivity index (χ1n) is 6.49. The number of hydrogen-bond acceptors (Lipinski definition) is 6. The molecular formula is C13H16N6S. The summed E-state index contributed by atoms with van der Waals surface area (Å²) in [6, 6.07) is 3.84. The summed E-state index contributed by atoms with van der Waals surface area (Å²) < 4.78 is 1.74. The molecule has 0 aliphatic rings. The highest BCUT2D eigenvalue weighted by Crippen LogP contribution is 2.17. The fourth-order valence-corrected chi connectivity index (χ4v) is 3.04. The monoisotopic (exact) mass is 288 g/mol. The molecule has 3 rings (SSSR count). The second-order valence-corrected chi connectivity index (χ2v) is 5.94. The number of fused-ring (bicyclic) bond motifs is 1. The summed E-state index contributed by atoms with van der Waals surface area (Å²) in [5.74, 6) is 1.62. The minimum Gasteiger partial charge on any atom is -0.368 e. The second kappa shape index (κ2) is 5.16. The topological polar surface area (TPSA) is 68.0 Å². The molecule has 0 bridgehead atoms. The first kappa shape index (κ1) is 13.0. The number of rotatable bonds is 4. The Morgan fingerprint density at radius 1 is 1.20 bits per heavy atom. The first-order chi connectivity index (χ1) is 9.63. The Kier molecular flexibility index (Phi) is 3.35. The van der Waals surface area contributed by atoms with Gasteiger partial charge in [0, 0.05) is 17.8 Å². The normalized spacial score (nSPS) is 11.2. The van der Waals surface area contributed by atoms with Crippen LogP contribution >= 0.6 is 11.3 Å². The number of hydrogen-bond donors (Lipinski definition) is 1. The molecule has 0 amide bonds. The quantitative estimate of drug-likeness (QED) is 0.797. The Labute approximate surface area is 120 Å². The summed E-state index contributed by atoms with van der Waals surface area (Å²) in [5, 5.41) is 16.9. The molecule has 3 aromatic rings. The van der Waals surface area contributed by atoms with Crippen LogP contribution in [0.4, 0.5) is 5.82 Å². The van der Waals surface area contributed by atoms with Crippen molar-refractivity contribution in [1.29, 1.82) is 0 Å². The minimum absolute atomic E-state index is 0.766. The molecule has 6 nitrogen and oxygen atoms in total. The van der Waals surface area contributed by atoms with E-state index >= 15 is 0 Å². The van der Waals surface area contributed by atoms with Crippen LogP contribution in [-0.2, 0) is 6.42 Å². The fourth-order valence-electron chi connectivity index (χ4n) is 2.10. The number of thiazole rings is 1. The Balaban J connectivity index is 1.67. The van der Waals surface area contributed by atoms with Crippen LogP contribution in [0.25, 0.3) is 5.65 Å². The molecule has 3 heterocycles. The molecule has 0 unspecified atom stereocenters. The average molecular weight is 288 g/mol. The van der Waals surface area contributed by atoms with E-state index in [1.54, 1.807) is 15.9 Å². The molecule has 0 fully saturated rings. The summed E-state index contributed by atoms with van der Waals surface area (Å²) in [6.07, 6.45) is 0.957. The smallest absolute Gasteiger partial charge is 0.178 e. The van der Waals surface area contributed by atoms with Crippen molar-refractivity contribution < 1.29 is 0 Å². The molecule has 7 heteroatoms. The third kappa shape index (κ3) is 2.49. The number of aryl methyl sites for hydroxylation is 3. The van der Waals surface area contributed by atoms with E-state index in [2.05, 4.69) is 32.5 Å². The van der Waals surface area contributed by atoms with Crippen LogP contribution in [0.2, 0.25) is 0 Å². The van der Waals surface area contributed by atoms with Crippen LogP contribution in [0, 0.1) is 20.8 Å². The maximum atomic E-state index is 4.46. The first-order valence-corrected chi connectivity index (χ1v) is 7.31. The molecule has 0 saturated carbocycles. The van der Waals surface area contributed by atoms with Gasteiger partial charge in [0.15, 0.2) is 11.5 Å². The van der Waals surface area contributed by atoms with Crippen molar-refractivity contribution in [3.8, 4) is 0 Å². The third-order valence-corrected chi connectivity index (χ3v) is 4.21. The van der Waals surface area contributed by atoms with Gasteiger partial charge < -0.3 is 5.32 Å². The van der Waals surface area contributed by atoms with E-state index in [9.17, 15) is 0 Å². The maximum absolute atomic E-state index is 4.46. The van der Waals surface area contributed by atoms with E-state index in [1.165, 1.54) is 4.88 Å². The van der Waals surface area contributed by atoms with Crippen molar-refractivity contribution in [1.82, 2.24) is 24.8 Å². The zero-order chi connectivity index (χ0) is 14.1. The van der Waals surface area contributed by atoms with Crippen molar-refractivity contribution >= 4 is 22.8 Å². The van der Waals surface area contributed by atoms with Gasteiger partial charge in [-0.15, -0.1) is 26.6 Å². The molecule has 0 saturated heterocycles. The predicted octanol–water partition coefficient (Wildman–Crippen LogP) is 2.16. The van der Waals surface area contributed by atoms with E-state index in [0.29, 0.717) is 0 Å². The molecular weight excluding hydrogens is 272 g/mol. The van der Waals surface area contributed by atoms with Gasteiger partial charge in [-0.1, -0.05) is 0 Å². The lowest BCUT2D eigenvalue weighted by atomic mass is 10.3. The fraction of sp³-hybridized carbons (Fsp3) is 0.385. The molecule has 0 aromatic carbocycles. The van der Waals surface area contributed by atoms with Gasteiger partial charge in [-0.05, 0) is 32.9 Å². The standard InChI is InChI=1S/C13H16N6S/c1-8-11(20-10(3)15-8)6-7-14-12-4-5-13-17-16-9(2)19(13)18-12/h4-5H,6-7H2,1-3H3,(H,14,18). The van der Waals surface area contributed by atoms with Gasteiger partial charge in [0.2, 0.25) is 0 Å². The lowest BCUT2D eigenvalue weighted by molar-refractivity contribution is 0.868. The van der Waals surface area contributed by atoms with Crippen LogP contribution in [0.3, 0.4) is 0 Å². The van der Waals surface area contributed by atoms with Gasteiger partial charge in [-0.3, -0.25) is 0 Å². The maximum Gasteiger partial charge on any atom is 0.178 e. The Morgan fingerprint density at radius 3 is 2.80 bits per heavy atom. The van der Waals surface area contributed by atoms with Gasteiger partial charge in [0.1, 0.15) is 5.82 Å². The lowest BCUT2D eigenvalue weighted by Crippen LogP contribution is -2.08.